The first-order valence-corrected chi connectivity index (χ1v) is 4.63. The lowest BCUT2D eigenvalue weighted by Gasteiger charge is -2.18. The van der Waals surface area contributed by atoms with E-state index in [2.05, 4.69) is 4.98 Å². The Labute approximate surface area is 95.0 Å². The van der Waals surface area contributed by atoms with Crippen molar-refractivity contribution in [2.24, 2.45) is 0 Å². The number of pyridine rings is 1. The molecular weight excluding hydrogens is 239 g/mol. The second-order valence-electron chi connectivity index (χ2n) is 3.33. The maximum absolute atomic E-state index is 12.6. The number of carboxylic acids is 1. The van der Waals surface area contributed by atoms with Crippen LogP contribution in [0.25, 0.3) is 0 Å². The number of carboxylic acid groups (broad SMARTS) is 1. The van der Waals surface area contributed by atoms with Gasteiger partial charge in [0.2, 0.25) is 5.88 Å². The zero-order valence-corrected chi connectivity index (χ0v) is 8.86. The van der Waals surface area contributed by atoms with E-state index in [9.17, 15) is 18.0 Å². The molecule has 0 aliphatic carbocycles. The molecule has 0 aliphatic rings. The van der Waals surface area contributed by atoms with Crippen molar-refractivity contribution in [3.05, 3.63) is 23.9 Å². The minimum atomic E-state index is -4.62. The molecule has 94 valence electrons. The molecule has 0 spiro atoms. The molecular formula is C10H10F3NO3. The van der Waals surface area contributed by atoms with E-state index >= 15 is 0 Å². The minimum absolute atomic E-state index is 0.171. The van der Waals surface area contributed by atoms with E-state index in [1.165, 1.54) is 13.2 Å². The number of halogens is 3. The smallest absolute Gasteiger partial charge is 0.396 e. The first kappa shape index (κ1) is 13.3. The van der Waals surface area contributed by atoms with Crippen LogP contribution in [0.5, 0.6) is 5.88 Å². The average molecular weight is 249 g/mol. The van der Waals surface area contributed by atoms with Crippen LogP contribution in [-0.4, -0.2) is 29.3 Å². The van der Waals surface area contributed by atoms with Crippen LogP contribution in [0, 0.1) is 0 Å². The Bertz CT molecular complexity index is 389. The molecule has 1 atom stereocenters. The predicted octanol–water partition coefficient (Wildman–Crippen LogP) is 2.21. The molecule has 0 saturated heterocycles. The molecule has 7 heteroatoms. The summed E-state index contributed by atoms with van der Waals surface area (Å²) in [6.07, 6.45) is -4.66. The molecule has 0 fully saturated rings. The number of methoxy groups -OCH3 is 1. The first-order chi connectivity index (χ1) is 7.84. The van der Waals surface area contributed by atoms with Gasteiger partial charge in [-0.05, 0) is 5.56 Å². The number of ether oxygens (including phenoxy) is 1. The van der Waals surface area contributed by atoms with Gasteiger partial charge in [0, 0.05) is 12.3 Å². The SMILES string of the molecule is COc1ccc(C(CC(=O)O)C(F)(F)F)cn1. The van der Waals surface area contributed by atoms with Gasteiger partial charge in [-0.2, -0.15) is 13.2 Å². The van der Waals surface area contributed by atoms with Gasteiger partial charge in [-0.25, -0.2) is 4.98 Å². The minimum Gasteiger partial charge on any atom is -0.481 e. The zero-order valence-electron chi connectivity index (χ0n) is 8.86. The third-order valence-electron chi connectivity index (χ3n) is 2.14. The fourth-order valence-corrected chi connectivity index (χ4v) is 1.32. The van der Waals surface area contributed by atoms with E-state index in [1.54, 1.807) is 0 Å². The fraction of sp³-hybridized carbons (Fsp3) is 0.400. The number of aromatic nitrogens is 1. The number of nitrogens with zero attached hydrogens (tertiary/aromatic N) is 1. The van der Waals surface area contributed by atoms with E-state index in [-0.39, 0.29) is 11.4 Å². The summed E-state index contributed by atoms with van der Waals surface area (Å²) >= 11 is 0. The Hall–Kier alpha value is -1.79. The molecule has 1 rings (SSSR count). The molecule has 1 aromatic heterocycles. The number of alkyl halides is 3. The summed E-state index contributed by atoms with van der Waals surface area (Å²) in [5.41, 5.74) is -0.194. The molecule has 0 amide bonds. The van der Waals surface area contributed by atoms with Gasteiger partial charge >= 0.3 is 12.1 Å². The lowest BCUT2D eigenvalue weighted by molar-refractivity contribution is -0.163. The van der Waals surface area contributed by atoms with Crippen LogP contribution in [0.1, 0.15) is 17.9 Å². The van der Waals surface area contributed by atoms with Crippen LogP contribution >= 0.6 is 0 Å². The maximum atomic E-state index is 12.6. The second kappa shape index (κ2) is 5.03. The molecule has 4 nitrogen and oxygen atoms in total. The molecule has 0 aromatic carbocycles. The Balaban J connectivity index is 3.00. The maximum Gasteiger partial charge on any atom is 0.396 e. The molecule has 0 aliphatic heterocycles. The van der Waals surface area contributed by atoms with Gasteiger partial charge in [-0.3, -0.25) is 4.79 Å². The summed E-state index contributed by atoms with van der Waals surface area (Å²) in [5, 5.41) is 8.46. The molecule has 1 heterocycles. The van der Waals surface area contributed by atoms with Crippen molar-refractivity contribution in [2.45, 2.75) is 18.5 Å². The largest absolute Gasteiger partial charge is 0.481 e. The van der Waals surface area contributed by atoms with Crippen molar-refractivity contribution in [3.63, 3.8) is 0 Å². The van der Waals surface area contributed by atoms with Crippen molar-refractivity contribution < 1.29 is 27.8 Å². The highest BCUT2D eigenvalue weighted by Crippen LogP contribution is 2.37. The van der Waals surface area contributed by atoms with E-state index in [4.69, 9.17) is 9.84 Å². The lowest BCUT2D eigenvalue weighted by atomic mass is 9.97. The van der Waals surface area contributed by atoms with Crippen molar-refractivity contribution in [3.8, 4) is 5.88 Å². The Morgan fingerprint density at radius 2 is 2.18 bits per heavy atom. The van der Waals surface area contributed by atoms with Gasteiger partial charge in [0.15, 0.2) is 0 Å². The normalized spacial score (nSPS) is 13.2. The monoisotopic (exact) mass is 249 g/mol. The number of hydrogen-bond acceptors (Lipinski definition) is 3. The first-order valence-electron chi connectivity index (χ1n) is 4.63. The molecule has 0 radical (unpaired) electrons. The van der Waals surface area contributed by atoms with Gasteiger partial charge in [-0.15, -0.1) is 0 Å². The molecule has 17 heavy (non-hydrogen) atoms. The van der Waals surface area contributed by atoms with Crippen LogP contribution < -0.4 is 4.74 Å². The standard InChI is InChI=1S/C10H10F3NO3/c1-17-8-3-2-6(5-14-8)7(4-9(15)16)10(11,12)13/h2-3,5,7H,4H2,1H3,(H,15,16). The highest BCUT2D eigenvalue weighted by Gasteiger charge is 2.42. The van der Waals surface area contributed by atoms with Gasteiger partial charge in [0.25, 0.3) is 0 Å². The third-order valence-corrected chi connectivity index (χ3v) is 2.14. The van der Waals surface area contributed by atoms with Gasteiger partial charge < -0.3 is 9.84 Å². The Kier molecular flexibility index (Phi) is 3.93. The molecule has 0 saturated carbocycles. The summed E-state index contributed by atoms with van der Waals surface area (Å²) in [5.74, 6) is -3.40. The summed E-state index contributed by atoms with van der Waals surface area (Å²) in [6.45, 7) is 0. The molecule has 1 N–H and O–H groups in total. The lowest BCUT2D eigenvalue weighted by Crippen LogP contribution is -2.23. The molecule has 1 aromatic rings. The van der Waals surface area contributed by atoms with E-state index in [0.717, 1.165) is 12.3 Å². The third kappa shape index (κ3) is 3.61. The zero-order chi connectivity index (χ0) is 13.1. The predicted molar refractivity (Wildman–Crippen MR) is 51.8 cm³/mol. The summed E-state index contributed by atoms with van der Waals surface area (Å²) in [4.78, 5) is 14.0. The van der Waals surface area contributed by atoms with E-state index in [0.29, 0.717) is 0 Å². The van der Waals surface area contributed by atoms with Crippen LogP contribution in [0.4, 0.5) is 13.2 Å². The van der Waals surface area contributed by atoms with Crippen LogP contribution in [0.15, 0.2) is 18.3 Å². The quantitative estimate of drug-likeness (QED) is 0.888. The van der Waals surface area contributed by atoms with Crippen molar-refractivity contribution >= 4 is 5.97 Å². The van der Waals surface area contributed by atoms with Crippen molar-refractivity contribution in [1.82, 2.24) is 4.98 Å². The molecule has 1 unspecified atom stereocenters. The van der Waals surface area contributed by atoms with E-state index in [1.807, 2.05) is 0 Å². The van der Waals surface area contributed by atoms with Crippen LogP contribution in [-0.2, 0) is 4.79 Å². The van der Waals surface area contributed by atoms with Crippen molar-refractivity contribution in [1.29, 1.82) is 0 Å². The molecule has 0 bridgehead atoms. The average Bonchev–Trinajstić information content (AvgIpc) is 2.24. The van der Waals surface area contributed by atoms with Gasteiger partial charge in [-0.1, -0.05) is 6.07 Å². The summed E-state index contributed by atoms with van der Waals surface area (Å²) < 4.78 is 42.6. The highest BCUT2D eigenvalue weighted by atomic mass is 19.4. The van der Waals surface area contributed by atoms with Crippen LogP contribution in [0.3, 0.4) is 0 Å². The van der Waals surface area contributed by atoms with Crippen molar-refractivity contribution in [2.75, 3.05) is 7.11 Å². The Morgan fingerprint density at radius 3 is 2.53 bits per heavy atom. The van der Waals surface area contributed by atoms with Crippen LogP contribution in [0.2, 0.25) is 0 Å². The summed E-state index contributed by atoms with van der Waals surface area (Å²) in [7, 11) is 1.33. The van der Waals surface area contributed by atoms with Gasteiger partial charge in [0.05, 0.1) is 19.4 Å². The topological polar surface area (TPSA) is 59.4 Å². The number of aliphatic carboxylic acids is 1. The Morgan fingerprint density at radius 1 is 1.53 bits per heavy atom. The highest BCUT2D eigenvalue weighted by molar-refractivity contribution is 5.68. The van der Waals surface area contributed by atoms with E-state index < -0.39 is 24.5 Å². The number of carbonyl (C=O) groups is 1. The fourth-order valence-electron chi connectivity index (χ4n) is 1.32. The summed E-state index contributed by atoms with van der Waals surface area (Å²) in [6, 6.07) is 2.42. The van der Waals surface area contributed by atoms with Gasteiger partial charge in [0.1, 0.15) is 0 Å². The second-order valence-corrected chi connectivity index (χ2v) is 3.33. The number of rotatable bonds is 4. The number of hydrogen-bond donors (Lipinski definition) is 1.